The number of benzene rings is 8. The van der Waals surface area contributed by atoms with Gasteiger partial charge in [0.1, 0.15) is 5.82 Å². The van der Waals surface area contributed by atoms with E-state index in [1.807, 2.05) is 18.3 Å². The predicted molar refractivity (Wildman–Crippen MR) is 307 cm³/mol. The molecule has 10 aromatic rings. The van der Waals surface area contributed by atoms with Gasteiger partial charge in [-0.3, -0.25) is 0 Å². The number of rotatable bonds is 12. The standard InChI is InChI=1S/C69H63N4O.Pt/c1-66(2,3)53-32-22-33-55(43-53)71-47-72(65(69(8,9)52-30-20-13-21-31-52)64(71)68(6,7)51-28-18-12-19-29-51)56-34-23-35-57(45-56)74-58-37-38-59-60-42-49(48-24-14-10-15-25-48)36-39-61(60)73(62(59)46-58)63-44-54(40-41-70-63)67(4,5)50-26-16-11-17-27-50;/h10-44,47H,1-9H3;/q-3;. The van der Waals surface area contributed by atoms with E-state index in [1.54, 1.807) is 0 Å². The van der Waals surface area contributed by atoms with Crippen molar-refractivity contribution >= 4 is 33.2 Å². The number of fused-ring (bicyclic) bond motifs is 3. The van der Waals surface area contributed by atoms with E-state index in [-0.39, 0.29) is 31.9 Å². The van der Waals surface area contributed by atoms with E-state index in [0.29, 0.717) is 11.5 Å². The minimum Gasteiger partial charge on any atom is -0.509 e. The van der Waals surface area contributed by atoms with Gasteiger partial charge in [0.25, 0.3) is 0 Å². The summed E-state index contributed by atoms with van der Waals surface area (Å²) in [6.45, 7) is 23.0. The zero-order valence-corrected chi connectivity index (χ0v) is 46.6. The summed E-state index contributed by atoms with van der Waals surface area (Å²) in [5.74, 6) is 1.98. The number of pyridine rings is 1. The van der Waals surface area contributed by atoms with Gasteiger partial charge in [0.05, 0.1) is 0 Å². The number of anilines is 2. The fourth-order valence-corrected chi connectivity index (χ4v) is 10.9. The quantitative estimate of drug-likeness (QED) is 0.114. The average molecular weight is 1160 g/mol. The Balaban J connectivity index is 0.00000641. The van der Waals surface area contributed by atoms with E-state index in [4.69, 9.17) is 9.72 Å². The minimum atomic E-state index is -0.464. The number of nitrogens with zero attached hydrogens (tertiary/aromatic N) is 4. The van der Waals surface area contributed by atoms with Crippen molar-refractivity contribution in [1.29, 1.82) is 0 Å². The molecule has 0 saturated carbocycles. The molecule has 1 aliphatic rings. The molecule has 0 bridgehead atoms. The van der Waals surface area contributed by atoms with Crippen LogP contribution in [0.1, 0.15) is 90.1 Å². The first kappa shape index (κ1) is 51.0. The summed E-state index contributed by atoms with van der Waals surface area (Å²) in [6, 6.07) is 81.0. The SMILES string of the molecule is CC(C)(C)c1cccc(N2[CH-]N(c3[c-]c(Oc4[c-]c5c(cc4)c4cc(-c6ccccc6)ccc4n5-c4cc(C(C)(C)c5ccccc5)ccn4)ccc3)C(C(C)(C)c3ccccc3)=C2C(C)(C)c2ccccc2)c1.[Pt]. The molecule has 0 N–H and O–H groups in total. The van der Waals surface area contributed by atoms with Gasteiger partial charge >= 0.3 is 0 Å². The first-order valence-electron chi connectivity index (χ1n) is 25.8. The molecule has 11 rings (SSSR count). The van der Waals surface area contributed by atoms with Crippen LogP contribution < -0.4 is 14.5 Å². The molecule has 0 amide bonds. The summed E-state index contributed by atoms with van der Waals surface area (Å²) in [5, 5.41) is 2.18. The van der Waals surface area contributed by atoms with Crippen molar-refractivity contribution in [2.75, 3.05) is 9.80 Å². The van der Waals surface area contributed by atoms with E-state index in [2.05, 4.69) is 290 Å². The molecule has 2 aromatic heterocycles. The van der Waals surface area contributed by atoms with Gasteiger partial charge in [0.2, 0.25) is 0 Å². The smallest absolute Gasteiger partial charge is 0.135 e. The molecular formula is C69H63N4OPt-3. The van der Waals surface area contributed by atoms with Crippen LogP contribution in [0.15, 0.2) is 224 Å². The molecule has 378 valence electrons. The second-order valence-corrected chi connectivity index (χ2v) is 22.2. The van der Waals surface area contributed by atoms with Crippen molar-refractivity contribution in [3.05, 3.63) is 270 Å². The Kier molecular flexibility index (Phi) is 13.6. The molecule has 0 radical (unpaired) electrons. The summed E-state index contributed by atoms with van der Waals surface area (Å²) >= 11 is 0. The Morgan fingerprint density at radius 1 is 0.440 bits per heavy atom. The van der Waals surface area contributed by atoms with Gasteiger partial charge in [0, 0.05) is 77.6 Å². The fraction of sp³-hybridized carbons (Fsp3) is 0.188. The maximum absolute atomic E-state index is 6.92. The van der Waals surface area contributed by atoms with Crippen molar-refractivity contribution in [2.45, 2.75) is 84.0 Å². The second-order valence-electron chi connectivity index (χ2n) is 22.2. The average Bonchev–Trinajstić information content (AvgIpc) is 4.02. The molecule has 0 spiro atoms. The fourth-order valence-electron chi connectivity index (χ4n) is 10.9. The monoisotopic (exact) mass is 1160 g/mol. The van der Waals surface area contributed by atoms with Crippen LogP contribution in [0.5, 0.6) is 11.5 Å². The van der Waals surface area contributed by atoms with E-state index in [9.17, 15) is 0 Å². The minimum absolute atomic E-state index is 0. The molecule has 6 heteroatoms. The molecule has 3 heterocycles. The van der Waals surface area contributed by atoms with Gasteiger partial charge in [-0.05, 0) is 80.1 Å². The Morgan fingerprint density at radius 2 is 1.00 bits per heavy atom. The van der Waals surface area contributed by atoms with Crippen LogP contribution in [0.4, 0.5) is 11.4 Å². The maximum atomic E-state index is 6.92. The number of hydrogen-bond donors (Lipinski definition) is 0. The van der Waals surface area contributed by atoms with Crippen molar-refractivity contribution < 1.29 is 25.8 Å². The van der Waals surface area contributed by atoms with E-state index >= 15 is 0 Å². The zero-order valence-electron chi connectivity index (χ0n) is 44.3. The van der Waals surface area contributed by atoms with Crippen LogP contribution in [0.25, 0.3) is 38.8 Å². The van der Waals surface area contributed by atoms with E-state index in [0.717, 1.165) is 55.8 Å². The van der Waals surface area contributed by atoms with Gasteiger partial charge in [0.15, 0.2) is 0 Å². The van der Waals surface area contributed by atoms with Crippen LogP contribution in [0.2, 0.25) is 0 Å². The Labute approximate surface area is 458 Å². The first-order valence-corrected chi connectivity index (χ1v) is 25.8. The summed E-state index contributed by atoms with van der Waals surface area (Å²) in [4.78, 5) is 9.81. The van der Waals surface area contributed by atoms with Crippen LogP contribution in [-0.4, -0.2) is 9.55 Å². The maximum Gasteiger partial charge on any atom is 0.135 e. The number of aromatic nitrogens is 2. The molecule has 5 nitrogen and oxygen atoms in total. The number of ether oxygens (including phenoxy) is 1. The Hall–Kier alpha value is -7.46. The second kappa shape index (κ2) is 20.0. The van der Waals surface area contributed by atoms with Crippen molar-refractivity contribution in [3.8, 4) is 28.4 Å². The van der Waals surface area contributed by atoms with Crippen molar-refractivity contribution in [2.24, 2.45) is 0 Å². The number of hydrogen-bond acceptors (Lipinski definition) is 4. The van der Waals surface area contributed by atoms with Crippen LogP contribution in [0, 0.1) is 18.8 Å². The summed E-state index contributed by atoms with van der Waals surface area (Å²) < 4.78 is 9.16. The van der Waals surface area contributed by atoms with E-state index in [1.165, 1.54) is 33.5 Å². The zero-order chi connectivity index (χ0) is 51.4. The molecule has 0 atom stereocenters. The van der Waals surface area contributed by atoms with Crippen LogP contribution in [0.3, 0.4) is 0 Å². The van der Waals surface area contributed by atoms with Crippen LogP contribution in [-0.2, 0) is 42.7 Å². The molecule has 0 unspecified atom stereocenters. The number of allylic oxidation sites excluding steroid dienone is 2. The van der Waals surface area contributed by atoms with Gasteiger partial charge < -0.3 is 19.1 Å². The van der Waals surface area contributed by atoms with Gasteiger partial charge in [-0.2, -0.15) is 12.1 Å². The molecule has 75 heavy (non-hydrogen) atoms. The Bertz CT molecular complexity index is 3680. The molecular weight excluding hydrogens is 1100 g/mol. The molecule has 0 saturated heterocycles. The molecule has 0 fully saturated rings. The summed E-state index contributed by atoms with van der Waals surface area (Å²) in [5.41, 5.74) is 13.5. The molecule has 8 aromatic carbocycles. The van der Waals surface area contributed by atoms with E-state index < -0.39 is 10.8 Å². The summed E-state index contributed by atoms with van der Waals surface area (Å²) in [7, 11) is 0. The largest absolute Gasteiger partial charge is 0.509 e. The third kappa shape index (κ3) is 9.53. The van der Waals surface area contributed by atoms with Crippen molar-refractivity contribution in [1.82, 2.24) is 9.55 Å². The van der Waals surface area contributed by atoms with Crippen molar-refractivity contribution in [3.63, 3.8) is 0 Å². The first-order chi connectivity index (χ1) is 35.6. The van der Waals surface area contributed by atoms with Gasteiger partial charge in [-0.15, -0.1) is 48.1 Å². The van der Waals surface area contributed by atoms with Gasteiger partial charge in [-0.1, -0.05) is 213 Å². The van der Waals surface area contributed by atoms with Crippen LogP contribution >= 0.6 is 0 Å². The topological polar surface area (TPSA) is 33.5 Å². The third-order valence-corrected chi connectivity index (χ3v) is 15.3. The normalized spacial score (nSPS) is 13.4. The Morgan fingerprint density at radius 3 is 1.63 bits per heavy atom. The molecule has 0 aliphatic carbocycles. The third-order valence-electron chi connectivity index (χ3n) is 15.3. The summed E-state index contributed by atoms with van der Waals surface area (Å²) in [6.07, 6.45) is 1.93. The van der Waals surface area contributed by atoms with Gasteiger partial charge in [-0.25, -0.2) is 4.98 Å². The molecule has 1 aliphatic heterocycles. The predicted octanol–water partition coefficient (Wildman–Crippen LogP) is 17.5.